The van der Waals surface area contributed by atoms with Crippen molar-refractivity contribution in [3.05, 3.63) is 35.9 Å². The van der Waals surface area contributed by atoms with Gasteiger partial charge in [0, 0.05) is 59.0 Å². The maximum atomic E-state index is 13.5. The van der Waals surface area contributed by atoms with Crippen molar-refractivity contribution in [3.63, 3.8) is 0 Å². The summed E-state index contributed by atoms with van der Waals surface area (Å²) in [4.78, 5) is 17.4. The SMILES string of the molecule is COCCCO[C@@H](c1ccccc1)[C@@H]1CCCN(C(=O)N(C)[C@H](CN)CC2CCCCC2)C1. The van der Waals surface area contributed by atoms with Crippen molar-refractivity contribution >= 4 is 6.03 Å². The highest BCUT2D eigenvalue weighted by molar-refractivity contribution is 5.74. The summed E-state index contributed by atoms with van der Waals surface area (Å²) in [6.45, 7) is 3.43. The van der Waals surface area contributed by atoms with Gasteiger partial charge < -0.3 is 25.0 Å². The number of ether oxygens (including phenoxy) is 2. The highest BCUT2D eigenvalue weighted by atomic mass is 16.5. The number of piperidine rings is 1. The fourth-order valence-corrected chi connectivity index (χ4v) is 5.59. The first-order valence-corrected chi connectivity index (χ1v) is 13.0. The van der Waals surface area contributed by atoms with Crippen molar-refractivity contribution in [2.24, 2.45) is 17.6 Å². The number of benzene rings is 1. The Morgan fingerprint density at radius 3 is 2.58 bits per heavy atom. The van der Waals surface area contributed by atoms with Gasteiger partial charge in [-0.15, -0.1) is 0 Å². The largest absolute Gasteiger partial charge is 0.385 e. The quantitative estimate of drug-likeness (QED) is 0.481. The summed E-state index contributed by atoms with van der Waals surface area (Å²) >= 11 is 0. The lowest BCUT2D eigenvalue weighted by atomic mass is 9.84. The van der Waals surface area contributed by atoms with E-state index in [1.54, 1.807) is 7.11 Å². The maximum absolute atomic E-state index is 13.5. The van der Waals surface area contributed by atoms with Crippen molar-refractivity contribution in [2.75, 3.05) is 47.0 Å². The number of methoxy groups -OCH3 is 1. The Balaban J connectivity index is 1.62. The van der Waals surface area contributed by atoms with Crippen LogP contribution in [0.5, 0.6) is 0 Å². The molecule has 6 heteroatoms. The van der Waals surface area contributed by atoms with Crippen molar-refractivity contribution in [2.45, 2.75) is 69.9 Å². The predicted molar refractivity (Wildman–Crippen MR) is 133 cm³/mol. The molecule has 2 N–H and O–H groups in total. The molecule has 6 nitrogen and oxygen atoms in total. The fraction of sp³-hybridized carbons (Fsp3) is 0.741. The van der Waals surface area contributed by atoms with Crippen LogP contribution in [0.2, 0.25) is 0 Å². The normalized spacial score (nSPS) is 21.5. The number of amides is 2. The van der Waals surface area contributed by atoms with Crippen LogP contribution >= 0.6 is 0 Å². The molecule has 1 saturated heterocycles. The van der Waals surface area contributed by atoms with Crippen LogP contribution < -0.4 is 5.73 Å². The molecule has 1 saturated carbocycles. The van der Waals surface area contributed by atoms with Crippen molar-refractivity contribution in [3.8, 4) is 0 Å². The van der Waals surface area contributed by atoms with Gasteiger partial charge in [-0.1, -0.05) is 62.4 Å². The Labute approximate surface area is 200 Å². The standard InChI is InChI=1S/C27H45N3O3/c1-29(25(20-28)19-22-11-5-3-6-12-22)27(31)30-16-9-15-24(21-30)26(33-18-10-17-32-2)23-13-7-4-8-14-23/h4,7-8,13-14,22,24-26H,3,5-6,9-12,15-21,28H2,1-2H3/t24-,25+,26+/m1/s1. The van der Waals surface area contributed by atoms with Crippen LogP contribution in [0, 0.1) is 11.8 Å². The first kappa shape index (κ1) is 26.0. The Bertz CT molecular complexity index is 680. The third kappa shape index (κ3) is 7.69. The van der Waals surface area contributed by atoms with Crippen LogP contribution in [-0.2, 0) is 9.47 Å². The third-order valence-electron chi connectivity index (χ3n) is 7.53. The second kappa shape index (κ2) is 13.9. The van der Waals surface area contributed by atoms with E-state index >= 15 is 0 Å². The van der Waals surface area contributed by atoms with Crippen molar-refractivity contribution < 1.29 is 14.3 Å². The summed E-state index contributed by atoms with van der Waals surface area (Å²) in [6, 6.07) is 10.7. The zero-order valence-electron chi connectivity index (χ0n) is 20.8. The molecule has 3 atom stereocenters. The van der Waals surface area contributed by atoms with E-state index in [-0.39, 0.29) is 24.1 Å². The molecule has 3 rings (SSSR count). The molecule has 2 aliphatic rings. The number of hydrogen-bond acceptors (Lipinski definition) is 4. The number of urea groups is 1. The molecule has 1 aliphatic heterocycles. The van der Waals surface area contributed by atoms with Crippen LogP contribution in [0.3, 0.4) is 0 Å². The first-order chi connectivity index (χ1) is 16.1. The van der Waals surface area contributed by atoms with Gasteiger partial charge >= 0.3 is 6.03 Å². The van der Waals surface area contributed by atoms with Crippen LogP contribution in [-0.4, -0.2) is 68.9 Å². The molecule has 0 aromatic heterocycles. The van der Waals surface area contributed by atoms with Crippen LogP contribution in [0.15, 0.2) is 30.3 Å². The number of carbonyl (C=O) groups excluding carboxylic acids is 1. The lowest BCUT2D eigenvalue weighted by Gasteiger charge is -2.40. The van der Waals surface area contributed by atoms with Gasteiger partial charge in [-0.3, -0.25) is 0 Å². The molecule has 0 bridgehead atoms. The molecular weight excluding hydrogens is 414 g/mol. The van der Waals surface area contributed by atoms with E-state index in [1.807, 2.05) is 22.9 Å². The van der Waals surface area contributed by atoms with Crippen LogP contribution in [0.1, 0.15) is 69.5 Å². The Morgan fingerprint density at radius 1 is 1.12 bits per heavy atom. The number of hydrogen-bond donors (Lipinski definition) is 1. The minimum Gasteiger partial charge on any atom is -0.385 e. The highest BCUT2D eigenvalue weighted by Crippen LogP contribution is 2.34. The number of carbonyl (C=O) groups is 1. The Kier molecular flexibility index (Phi) is 11.0. The van der Waals surface area contributed by atoms with Gasteiger partial charge in [0.15, 0.2) is 0 Å². The van der Waals surface area contributed by atoms with Crippen LogP contribution in [0.4, 0.5) is 4.79 Å². The minimum atomic E-state index is -0.00323. The van der Waals surface area contributed by atoms with E-state index in [0.29, 0.717) is 25.7 Å². The van der Waals surface area contributed by atoms with Crippen molar-refractivity contribution in [1.29, 1.82) is 0 Å². The van der Waals surface area contributed by atoms with Gasteiger partial charge in [0.25, 0.3) is 0 Å². The summed E-state index contributed by atoms with van der Waals surface area (Å²) in [5, 5.41) is 0. The summed E-state index contributed by atoms with van der Waals surface area (Å²) in [7, 11) is 3.67. The van der Waals surface area contributed by atoms with Crippen molar-refractivity contribution in [1.82, 2.24) is 9.80 Å². The maximum Gasteiger partial charge on any atom is 0.320 e. The van der Waals surface area contributed by atoms with E-state index in [1.165, 1.54) is 37.7 Å². The van der Waals surface area contributed by atoms with E-state index in [2.05, 4.69) is 24.3 Å². The molecule has 1 aromatic rings. The minimum absolute atomic E-state index is 0.00323. The monoisotopic (exact) mass is 459 g/mol. The van der Waals surface area contributed by atoms with Gasteiger partial charge in [-0.05, 0) is 37.2 Å². The number of likely N-dealkylation sites (tertiary alicyclic amines) is 1. The van der Waals surface area contributed by atoms with E-state index in [0.717, 1.165) is 38.8 Å². The second-order valence-electron chi connectivity index (χ2n) is 9.92. The molecule has 0 radical (unpaired) electrons. The van der Waals surface area contributed by atoms with Gasteiger partial charge in [-0.25, -0.2) is 4.79 Å². The van der Waals surface area contributed by atoms with E-state index in [4.69, 9.17) is 15.2 Å². The number of nitrogens with zero attached hydrogens (tertiary/aromatic N) is 2. The molecule has 0 unspecified atom stereocenters. The molecule has 186 valence electrons. The zero-order valence-corrected chi connectivity index (χ0v) is 20.8. The molecule has 33 heavy (non-hydrogen) atoms. The van der Waals surface area contributed by atoms with Gasteiger partial charge in [0.1, 0.15) is 0 Å². The number of likely N-dealkylation sites (N-methyl/N-ethyl adjacent to an activating group) is 1. The summed E-state index contributed by atoms with van der Waals surface area (Å²) < 4.78 is 11.6. The number of rotatable bonds is 11. The molecule has 1 heterocycles. The van der Waals surface area contributed by atoms with Gasteiger partial charge in [0.05, 0.1) is 6.10 Å². The first-order valence-electron chi connectivity index (χ1n) is 13.0. The average Bonchev–Trinajstić information content (AvgIpc) is 2.87. The zero-order chi connectivity index (χ0) is 23.5. The summed E-state index contributed by atoms with van der Waals surface area (Å²) in [5.41, 5.74) is 7.34. The van der Waals surface area contributed by atoms with E-state index in [9.17, 15) is 4.79 Å². The van der Waals surface area contributed by atoms with Gasteiger partial charge in [-0.2, -0.15) is 0 Å². The summed E-state index contributed by atoms with van der Waals surface area (Å²) in [5.74, 6) is 0.996. The third-order valence-corrected chi connectivity index (χ3v) is 7.53. The number of nitrogens with two attached hydrogens (primary N) is 1. The average molecular weight is 460 g/mol. The Morgan fingerprint density at radius 2 is 1.88 bits per heavy atom. The topological polar surface area (TPSA) is 68.0 Å². The molecule has 1 aromatic carbocycles. The molecular formula is C27H45N3O3. The predicted octanol–water partition coefficient (Wildman–Crippen LogP) is 4.84. The lowest BCUT2D eigenvalue weighted by molar-refractivity contribution is -0.0187. The fourth-order valence-electron chi connectivity index (χ4n) is 5.59. The highest BCUT2D eigenvalue weighted by Gasteiger charge is 2.34. The molecule has 1 aliphatic carbocycles. The van der Waals surface area contributed by atoms with E-state index < -0.39 is 0 Å². The molecule has 0 spiro atoms. The Hall–Kier alpha value is -1.63. The molecule has 2 amide bonds. The second-order valence-corrected chi connectivity index (χ2v) is 9.92. The van der Waals surface area contributed by atoms with Crippen LogP contribution in [0.25, 0.3) is 0 Å². The smallest absolute Gasteiger partial charge is 0.320 e. The summed E-state index contributed by atoms with van der Waals surface area (Å²) in [6.07, 6.45) is 10.5. The lowest BCUT2D eigenvalue weighted by Crippen LogP contribution is -2.52. The molecule has 2 fully saturated rings. The van der Waals surface area contributed by atoms with Gasteiger partial charge in [0.2, 0.25) is 0 Å².